The number of ether oxygens (including phenoxy) is 1. The summed E-state index contributed by atoms with van der Waals surface area (Å²) in [4.78, 5) is 14.0. The number of benzene rings is 3. The van der Waals surface area contributed by atoms with Gasteiger partial charge in [0.15, 0.2) is 5.82 Å². The summed E-state index contributed by atoms with van der Waals surface area (Å²) in [5.41, 5.74) is 3.92. The van der Waals surface area contributed by atoms with Crippen LogP contribution in [0.2, 0.25) is 0 Å². The third-order valence-corrected chi connectivity index (χ3v) is 5.59. The minimum Gasteiger partial charge on any atom is -0.462 e. The maximum Gasteiger partial charge on any atom is 0.338 e. The molecule has 0 saturated heterocycles. The number of hydrogen-bond acceptors (Lipinski definition) is 5. The van der Waals surface area contributed by atoms with Crippen LogP contribution in [0, 0.1) is 5.82 Å². The van der Waals surface area contributed by atoms with E-state index in [0.29, 0.717) is 23.4 Å². The minimum absolute atomic E-state index is 0.170. The van der Waals surface area contributed by atoms with E-state index in [1.807, 2.05) is 24.3 Å². The van der Waals surface area contributed by atoms with E-state index in [1.165, 1.54) is 31.7 Å². The van der Waals surface area contributed by atoms with Gasteiger partial charge in [-0.05, 0) is 73.0 Å². The molecule has 0 bridgehead atoms. The average Bonchev–Trinajstić information content (AvgIpc) is 2.86. The standard InChI is InChI=1S/C28H32FN3O2/c1-4-6-7-8-19-32(3)25-16-14-24(15-17-25)30-31-27-18-13-23(20-26(27)29)21-9-11-22(12-10-21)28(33)34-5-2/h9-18,20H,4-8,19H2,1-3H3. The van der Waals surface area contributed by atoms with Crippen molar-refractivity contribution in [2.75, 3.05) is 25.1 Å². The highest BCUT2D eigenvalue weighted by atomic mass is 19.1. The van der Waals surface area contributed by atoms with Crippen LogP contribution in [0.3, 0.4) is 0 Å². The van der Waals surface area contributed by atoms with E-state index < -0.39 is 5.82 Å². The molecule has 5 nitrogen and oxygen atoms in total. The molecule has 0 aliphatic rings. The number of carbonyl (C=O) groups excluding carboxylic acids is 1. The zero-order valence-electron chi connectivity index (χ0n) is 20.1. The van der Waals surface area contributed by atoms with Crippen molar-refractivity contribution in [1.29, 1.82) is 0 Å². The monoisotopic (exact) mass is 461 g/mol. The summed E-state index contributed by atoms with van der Waals surface area (Å²) in [7, 11) is 2.09. The third kappa shape index (κ3) is 6.98. The quantitative estimate of drug-likeness (QED) is 0.165. The van der Waals surface area contributed by atoms with Crippen LogP contribution in [0.25, 0.3) is 11.1 Å². The molecule has 3 aromatic rings. The molecule has 0 heterocycles. The Morgan fingerprint density at radius 1 is 0.882 bits per heavy atom. The molecule has 0 aromatic heterocycles. The van der Waals surface area contributed by atoms with Crippen LogP contribution in [-0.4, -0.2) is 26.2 Å². The molecule has 3 aromatic carbocycles. The fourth-order valence-corrected chi connectivity index (χ4v) is 3.57. The Kier molecular flexibility index (Phi) is 9.32. The molecule has 0 fully saturated rings. The number of rotatable bonds is 11. The highest BCUT2D eigenvalue weighted by Crippen LogP contribution is 2.28. The van der Waals surface area contributed by atoms with E-state index in [2.05, 4.69) is 29.1 Å². The van der Waals surface area contributed by atoms with Crippen LogP contribution in [0.5, 0.6) is 0 Å². The molecule has 178 valence electrons. The topological polar surface area (TPSA) is 54.3 Å². The molecule has 0 radical (unpaired) electrons. The number of nitrogens with zero attached hydrogens (tertiary/aromatic N) is 3. The molecule has 0 aliphatic heterocycles. The van der Waals surface area contributed by atoms with E-state index in [4.69, 9.17) is 4.74 Å². The van der Waals surface area contributed by atoms with Crippen molar-refractivity contribution in [3.05, 3.63) is 78.1 Å². The SMILES string of the molecule is CCCCCCN(C)c1ccc(N=Nc2ccc(-c3ccc(C(=O)OCC)cc3)cc2F)cc1. The van der Waals surface area contributed by atoms with Gasteiger partial charge in [-0.25, -0.2) is 9.18 Å². The maximum atomic E-state index is 14.7. The lowest BCUT2D eigenvalue weighted by Crippen LogP contribution is -2.18. The van der Waals surface area contributed by atoms with Gasteiger partial charge in [-0.1, -0.05) is 44.4 Å². The summed E-state index contributed by atoms with van der Waals surface area (Å²) in [5.74, 6) is -0.832. The number of anilines is 1. The first-order valence-electron chi connectivity index (χ1n) is 11.8. The Morgan fingerprint density at radius 2 is 1.59 bits per heavy atom. The third-order valence-electron chi connectivity index (χ3n) is 5.59. The minimum atomic E-state index is -0.459. The molecule has 0 unspecified atom stereocenters. The van der Waals surface area contributed by atoms with E-state index in [0.717, 1.165) is 17.8 Å². The molecular weight excluding hydrogens is 429 g/mol. The predicted molar refractivity (Wildman–Crippen MR) is 136 cm³/mol. The summed E-state index contributed by atoms with van der Waals surface area (Å²) in [6, 6.07) is 19.5. The molecular formula is C28H32FN3O2. The number of esters is 1. The second-order valence-corrected chi connectivity index (χ2v) is 8.16. The average molecular weight is 462 g/mol. The molecule has 34 heavy (non-hydrogen) atoms. The van der Waals surface area contributed by atoms with Gasteiger partial charge in [0.2, 0.25) is 0 Å². The van der Waals surface area contributed by atoms with Crippen molar-refractivity contribution in [3.8, 4) is 11.1 Å². The largest absolute Gasteiger partial charge is 0.462 e. The zero-order valence-corrected chi connectivity index (χ0v) is 20.1. The highest BCUT2D eigenvalue weighted by Gasteiger charge is 2.09. The van der Waals surface area contributed by atoms with Gasteiger partial charge in [-0.15, -0.1) is 5.11 Å². The Morgan fingerprint density at radius 3 is 2.24 bits per heavy atom. The molecule has 3 rings (SSSR count). The van der Waals surface area contributed by atoms with Crippen LogP contribution >= 0.6 is 0 Å². The van der Waals surface area contributed by atoms with Gasteiger partial charge in [-0.3, -0.25) is 0 Å². The first kappa shape index (κ1) is 25.1. The second kappa shape index (κ2) is 12.6. The van der Waals surface area contributed by atoms with Gasteiger partial charge in [0.1, 0.15) is 5.69 Å². The molecule has 6 heteroatoms. The summed E-state index contributed by atoms with van der Waals surface area (Å²) in [6.45, 7) is 5.31. The van der Waals surface area contributed by atoms with E-state index >= 15 is 0 Å². The summed E-state index contributed by atoms with van der Waals surface area (Å²) in [5, 5.41) is 8.28. The van der Waals surface area contributed by atoms with Gasteiger partial charge in [0.05, 0.1) is 17.9 Å². The van der Waals surface area contributed by atoms with E-state index in [1.54, 1.807) is 43.3 Å². The zero-order chi connectivity index (χ0) is 24.3. The smallest absolute Gasteiger partial charge is 0.338 e. The van der Waals surface area contributed by atoms with Crippen molar-refractivity contribution in [1.82, 2.24) is 0 Å². The number of hydrogen-bond donors (Lipinski definition) is 0. The van der Waals surface area contributed by atoms with Crippen LogP contribution in [0.15, 0.2) is 77.0 Å². The first-order valence-corrected chi connectivity index (χ1v) is 11.8. The van der Waals surface area contributed by atoms with E-state index in [-0.39, 0.29) is 11.7 Å². The maximum absolute atomic E-state index is 14.7. The normalized spacial score (nSPS) is 11.1. The van der Waals surface area contributed by atoms with Crippen LogP contribution in [0.1, 0.15) is 49.9 Å². The summed E-state index contributed by atoms with van der Waals surface area (Å²) >= 11 is 0. The Bertz CT molecular complexity index is 1100. The lowest BCUT2D eigenvalue weighted by Gasteiger charge is -2.19. The van der Waals surface area contributed by atoms with E-state index in [9.17, 15) is 9.18 Å². The summed E-state index contributed by atoms with van der Waals surface area (Å²) in [6.07, 6.45) is 4.93. The Balaban J connectivity index is 1.63. The van der Waals surface area contributed by atoms with Crippen molar-refractivity contribution in [2.45, 2.75) is 39.5 Å². The fraction of sp³-hybridized carbons (Fsp3) is 0.321. The van der Waals surface area contributed by atoms with Crippen LogP contribution in [-0.2, 0) is 4.74 Å². The van der Waals surface area contributed by atoms with Gasteiger partial charge < -0.3 is 9.64 Å². The van der Waals surface area contributed by atoms with Crippen molar-refractivity contribution < 1.29 is 13.9 Å². The lowest BCUT2D eigenvalue weighted by molar-refractivity contribution is 0.0526. The van der Waals surface area contributed by atoms with Crippen molar-refractivity contribution in [2.24, 2.45) is 10.2 Å². The van der Waals surface area contributed by atoms with Gasteiger partial charge in [0, 0.05) is 19.3 Å². The number of unbranched alkanes of at least 4 members (excludes halogenated alkanes) is 3. The molecule has 0 aliphatic carbocycles. The van der Waals surface area contributed by atoms with Crippen molar-refractivity contribution in [3.63, 3.8) is 0 Å². The second-order valence-electron chi connectivity index (χ2n) is 8.16. The van der Waals surface area contributed by atoms with Crippen molar-refractivity contribution >= 4 is 23.0 Å². The van der Waals surface area contributed by atoms with Crippen LogP contribution in [0.4, 0.5) is 21.5 Å². The highest BCUT2D eigenvalue weighted by molar-refractivity contribution is 5.90. The molecule has 0 amide bonds. The summed E-state index contributed by atoms with van der Waals surface area (Å²) < 4.78 is 19.6. The number of carbonyl (C=O) groups is 1. The lowest BCUT2D eigenvalue weighted by atomic mass is 10.0. The first-order chi connectivity index (χ1) is 16.5. The van der Waals surface area contributed by atoms with Gasteiger partial charge >= 0.3 is 5.97 Å². The molecule has 0 spiro atoms. The van der Waals surface area contributed by atoms with Crippen LogP contribution < -0.4 is 4.90 Å². The number of azo groups is 1. The predicted octanol–water partition coefficient (Wildman–Crippen LogP) is 8.10. The Hall–Kier alpha value is -3.54. The number of halogens is 1. The molecule has 0 N–H and O–H groups in total. The fourth-order valence-electron chi connectivity index (χ4n) is 3.57. The molecule has 0 atom stereocenters. The van der Waals surface area contributed by atoms with Gasteiger partial charge in [-0.2, -0.15) is 5.11 Å². The Labute approximate surface area is 201 Å². The molecule has 0 saturated carbocycles. The van der Waals surface area contributed by atoms with Gasteiger partial charge in [0.25, 0.3) is 0 Å².